The Balaban J connectivity index is 2.00. The molecule has 0 aliphatic heterocycles. The number of fused-ring (bicyclic) bond motifs is 1. The molecule has 0 amide bonds. The quantitative estimate of drug-likeness (QED) is 0.546. The van der Waals surface area contributed by atoms with E-state index in [2.05, 4.69) is 4.98 Å². The molecule has 0 N–H and O–H groups in total. The minimum atomic E-state index is -0.329. The van der Waals surface area contributed by atoms with E-state index in [-0.39, 0.29) is 17.9 Å². The van der Waals surface area contributed by atoms with E-state index < -0.39 is 0 Å². The van der Waals surface area contributed by atoms with Crippen LogP contribution in [-0.2, 0) is 6.54 Å². The second-order valence-corrected chi connectivity index (χ2v) is 6.27. The molecule has 128 valence electrons. The molecular formula is C22H17FN2O. The van der Waals surface area contributed by atoms with Gasteiger partial charge in [-0.25, -0.2) is 9.37 Å². The number of hydrogen-bond donors (Lipinski definition) is 0. The van der Waals surface area contributed by atoms with Crippen LogP contribution < -0.4 is 5.56 Å². The van der Waals surface area contributed by atoms with Crippen molar-refractivity contribution in [3.8, 4) is 11.1 Å². The Bertz CT molecular complexity index is 1160. The fraction of sp³-hybridized carbons (Fsp3) is 0.0909. The van der Waals surface area contributed by atoms with E-state index in [1.54, 1.807) is 29.0 Å². The molecule has 0 aliphatic carbocycles. The van der Waals surface area contributed by atoms with Crippen molar-refractivity contribution < 1.29 is 4.39 Å². The first-order valence-corrected chi connectivity index (χ1v) is 8.43. The van der Waals surface area contributed by atoms with Gasteiger partial charge in [-0.05, 0) is 42.3 Å². The SMILES string of the molecule is Cc1ccccc1-c1cc2cccnc2n(Cc2ccccc2F)c1=O. The predicted octanol–water partition coefficient (Wildman–Crippen LogP) is 4.56. The lowest BCUT2D eigenvalue weighted by molar-refractivity contribution is 0.599. The van der Waals surface area contributed by atoms with Crippen LogP contribution in [0.4, 0.5) is 4.39 Å². The smallest absolute Gasteiger partial charge is 0.260 e. The second kappa shape index (κ2) is 6.56. The van der Waals surface area contributed by atoms with Gasteiger partial charge in [-0.1, -0.05) is 42.5 Å². The molecule has 2 heterocycles. The number of nitrogens with zero attached hydrogens (tertiary/aromatic N) is 2. The molecule has 0 saturated heterocycles. The molecule has 0 bridgehead atoms. The van der Waals surface area contributed by atoms with Gasteiger partial charge in [0.25, 0.3) is 5.56 Å². The normalized spacial score (nSPS) is 11.0. The van der Waals surface area contributed by atoms with E-state index in [9.17, 15) is 9.18 Å². The molecule has 4 aromatic rings. The Labute approximate surface area is 150 Å². The molecular weight excluding hydrogens is 327 g/mol. The van der Waals surface area contributed by atoms with Crippen molar-refractivity contribution in [2.75, 3.05) is 0 Å². The summed E-state index contributed by atoms with van der Waals surface area (Å²) in [6.45, 7) is 2.11. The number of aryl methyl sites for hydroxylation is 1. The lowest BCUT2D eigenvalue weighted by Crippen LogP contribution is -2.24. The molecule has 26 heavy (non-hydrogen) atoms. The first-order valence-electron chi connectivity index (χ1n) is 8.43. The Morgan fingerprint density at radius 1 is 0.962 bits per heavy atom. The third kappa shape index (κ3) is 2.80. The lowest BCUT2D eigenvalue weighted by Gasteiger charge is -2.14. The molecule has 0 atom stereocenters. The Hall–Kier alpha value is -3.27. The van der Waals surface area contributed by atoms with Crippen molar-refractivity contribution in [1.29, 1.82) is 0 Å². The van der Waals surface area contributed by atoms with Crippen LogP contribution in [0.1, 0.15) is 11.1 Å². The third-order valence-electron chi connectivity index (χ3n) is 4.57. The van der Waals surface area contributed by atoms with Gasteiger partial charge in [0, 0.05) is 22.7 Å². The Kier molecular flexibility index (Phi) is 4.09. The maximum Gasteiger partial charge on any atom is 0.260 e. The zero-order valence-electron chi connectivity index (χ0n) is 14.3. The molecule has 0 fully saturated rings. The van der Waals surface area contributed by atoms with Crippen LogP contribution in [0, 0.1) is 12.7 Å². The zero-order chi connectivity index (χ0) is 18.1. The Morgan fingerprint density at radius 3 is 2.54 bits per heavy atom. The molecule has 4 rings (SSSR count). The highest BCUT2D eigenvalue weighted by atomic mass is 19.1. The highest BCUT2D eigenvalue weighted by Crippen LogP contribution is 2.23. The minimum Gasteiger partial charge on any atom is -0.288 e. The zero-order valence-corrected chi connectivity index (χ0v) is 14.3. The van der Waals surface area contributed by atoms with Crippen LogP contribution in [0.3, 0.4) is 0 Å². The number of benzene rings is 2. The number of pyridine rings is 2. The average Bonchev–Trinajstić information content (AvgIpc) is 2.66. The number of hydrogen-bond acceptors (Lipinski definition) is 2. The molecule has 3 nitrogen and oxygen atoms in total. The molecule has 0 spiro atoms. The van der Waals surface area contributed by atoms with E-state index in [1.807, 2.05) is 49.4 Å². The summed E-state index contributed by atoms with van der Waals surface area (Å²) in [6, 6.07) is 19.9. The van der Waals surface area contributed by atoms with E-state index in [0.29, 0.717) is 16.8 Å². The first kappa shape index (κ1) is 16.2. The van der Waals surface area contributed by atoms with E-state index in [4.69, 9.17) is 0 Å². The van der Waals surface area contributed by atoms with Crippen molar-refractivity contribution in [3.05, 3.63) is 100 Å². The van der Waals surface area contributed by atoms with Crippen LogP contribution in [0.5, 0.6) is 0 Å². The van der Waals surface area contributed by atoms with E-state index in [0.717, 1.165) is 16.5 Å². The summed E-state index contributed by atoms with van der Waals surface area (Å²) in [5.41, 5.74) is 3.34. The van der Waals surface area contributed by atoms with Gasteiger partial charge in [-0.2, -0.15) is 0 Å². The summed E-state index contributed by atoms with van der Waals surface area (Å²) in [7, 11) is 0. The van der Waals surface area contributed by atoms with E-state index in [1.165, 1.54) is 6.07 Å². The maximum atomic E-state index is 14.2. The third-order valence-corrected chi connectivity index (χ3v) is 4.57. The van der Waals surface area contributed by atoms with Gasteiger partial charge in [-0.15, -0.1) is 0 Å². The highest BCUT2D eigenvalue weighted by Gasteiger charge is 2.14. The summed E-state index contributed by atoms with van der Waals surface area (Å²) in [4.78, 5) is 17.6. The van der Waals surface area contributed by atoms with Crippen molar-refractivity contribution in [2.45, 2.75) is 13.5 Å². The fourth-order valence-electron chi connectivity index (χ4n) is 3.22. The largest absolute Gasteiger partial charge is 0.288 e. The van der Waals surface area contributed by atoms with Crippen molar-refractivity contribution in [2.24, 2.45) is 0 Å². The van der Waals surface area contributed by atoms with Gasteiger partial charge < -0.3 is 0 Å². The molecule has 2 aromatic heterocycles. The van der Waals surface area contributed by atoms with Crippen molar-refractivity contribution in [1.82, 2.24) is 9.55 Å². The van der Waals surface area contributed by atoms with Gasteiger partial charge in [0.2, 0.25) is 0 Å². The van der Waals surface area contributed by atoms with Gasteiger partial charge in [0.15, 0.2) is 0 Å². The standard InChI is InChI=1S/C22H17FN2O/c1-15-7-2-4-10-18(15)19-13-16-9-6-12-24-21(16)25(22(19)26)14-17-8-3-5-11-20(17)23/h2-13H,14H2,1H3. The van der Waals surface area contributed by atoms with Crippen LogP contribution in [0.15, 0.2) is 77.7 Å². The molecule has 0 saturated carbocycles. The summed E-state index contributed by atoms with van der Waals surface area (Å²) >= 11 is 0. The fourth-order valence-corrected chi connectivity index (χ4v) is 3.22. The van der Waals surface area contributed by atoms with Crippen molar-refractivity contribution in [3.63, 3.8) is 0 Å². The van der Waals surface area contributed by atoms with Gasteiger partial charge >= 0.3 is 0 Å². The summed E-state index contributed by atoms with van der Waals surface area (Å²) in [5.74, 6) is -0.329. The lowest BCUT2D eigenvalue weighted by atomic mass is 10.0. The first-order chi connectivity index (χ1) is 12.6. The topological polar surface area (TPSA) is 34.9 Å². The Morgan fingerprint density at radius 2 is 1.73 bits per heavy atom. The predicted molar refractivity (Wildman–Crippen MR) is 102 cm³/mol. The molecule has 4 heteroatoms. The molecule has 0 unspecified atom stereocenters. The summed E-state index contributed by atoms with van der Waals surface area (Å²) in [6.07, 6.45) is 1.65. The van der Waals surface area contributed by atoms with Crippen LogP contribution in [-0.4, -0.2) is 9.55 Å². The van der Waals surface area contributed by atoms with Crippen LogP contribution in [0.2, 0.25) is 0 Å². The number of halogens is 1. The van der Waals surface area contributed by atoms with Gasteiger partial charge in [-0.3, -0.25) is 9.36 Å². The molecule has 2 aromatic carbocycles. The van der Waals surface area contributed by atoms with E-state index >= 15 is 0 Å². The van der Waals surface area contributed by atoms with Crippen LogP contribution >= 0.6 is 0 Å². The van der Waals surface area contributed by atoms with Gasteiger partial charge in [0.05, 0.1) is 6.54 Å². The molecule has 0 aliphatic rings. The summed E-state index contributed by atoms with van der Waals surface area (Å²) < 4.78 is 15.7. The van der Waals surface area contributed by atoms with Crippen molar-refractivity contribution >= 4 is 11.0 Å². The number of rotatable bonds is 3. The summed E-state index contributed by atoms with van der Waals surface area (Å²) in [5, 5.41) is 0.849. The van der Waals surface area contributed by atoms with Crippen LogP contribution in [0.25, 0.3) is 22.2 Å². The average molecular weight is 344 g/mol. The number of aromatic nitrogens is 2. The highest BCUT2D eigenvalue weighted by molar-refractivity contribution is 5.82. The van der Waals surface area contributed by atoms with Gasteiger partial charge in [0.1, 0.15) is 11.5 Å². The minimum absolute atomic E-state index is 0.138. The maximum absolute atomic E-state index is 14.2. The second-order valence-electron chi connectivity index (χ2n) is 6.27. The monoisotopic (exact) mass is 344 g/mol. The molecule has 0 radical (unpaired) electrons.